The van der Waals surface area contributed by atoms with Gasteiger partial charge in [0.2, 0.25) is 0 Å². The lowest BCUT2D eigenvalue weighted by Gasteiger charge is -2.18. The van der Waals surface area contributed by atoms with Crippen LogP contribution in [-0.4, -0.2) is 24.6 Å². The molecular formula is C5H14N2S. The third kappa shape index (κ3) is 5.82. The van der Waals surface area contributed by atoms with E-state index in [0.29, 0.717) is 5.84 Å². The van der Waals surface area contributed by atoms with Crippen LogP contribution in [0.25, 0.3) is 0 Å². The number of rotatable bonds is 1. The number of hydrogen-bond acceptors (Lipinski definition) is 1. The molecule has 0 rings (SSSR count). The standard InChI is InChI=1S/C5H14N2S/c1-5(6)7-8(2,3)4/h1-4H3,(H2,6,7). The van der Waals surface area contributed by atoms with Gasteiger partial charge in [-0.25, -0.2) is 4.40 Å². The molecule has 0 saturated carbocycles. The lowest BCUT2D eigenvalue weighted by Crippen LogP contribution is -2.06. The molecule has 0 bridgehead atoms. The third-order valence-electron chi connectivity index (χ3n) is 0.418. The molecule has 0 aromatic rings. The van der Waals surface area contributed by atoms with E-state index in [2.05, 4.69) is 23.2 Å². The third-order valence-corrected chi connectivity index (χ3v) is 1.25. The molecule has 0 atom stereocenters. The summed E-state index contributed by atoms with van der Waals surface area (Å²) in [5, 5.41) is 0. The predicted octanol–water partition coefficient (Wildman–Crippen LogP) is 0.972. The molecule has 0 aromatic heterocycles. The molecule has 0 aliphatic carbocycles. The number of amidine groups is 1. The summed E-state index contributed by atoms with van der Waals surface area (Å²) >= 11 is 0. The second-order valence-corrected chi connectivity index (χ2v) is 6.23. The van der Waals surface area contributed by atoms with Crippen molar-refractivity contribution < 1.29 is 0 Å². The van der Waals surface area contributed by atoms with E-state index in [1.54, 1.807) is 0 Å². The zero-order valence-electron chi connectivity index (χ0n) is 5.93. The van der Waals surface area contributed by atoms with Crippen LogP contribution in [-0.2, 0) is 0 Å². The summed E-state index contributed by atoms with van der Waals surface area (Å²) in [5.74, 6) is 0.688. The van der Waals surface area contributed by atoms with Crippen molar-refractivity contribution in [3.63, 3.8) is 0 Å². The number of nitrogens with zero attached hydrogens (tertiary/aromatic N) is 1. The maximum absolute atomic E-state index is 5.35. The second-order valence-electron chi connectivity index (χ2n) is 2.51. The molecule has 0 aromatic carbocycles. The largest absolute Gasteiger partial charge is 0.387 e. The van der Waals surface area contributed by atoms with Crippen LogP contribution in [0.3, 0.4) is 0 Å². The minimum Gasteiger partial charge on any atom is -0.387 e. The van der Waals surface area contributed by atoms with Crippen LogP contribution >= 0.6 is 10.2 Å². The topological polar surface area (TPSA) is 38.4 Å². The molecule has 0 radical (unpaired) electrons. The van der Waals surface area contributed by atoms with Crippen molar-refractivity contribution >= 4 is 16.0 Å². The lowest BCUT2D eigenvalue weighted by molar-refractivity contribution is 1.58. The smallest absolute Gasteiger partial charge is 0.102 e. The Hall–Kier alpha value is -0.180. The Morgan fingerprint density at radius 1 is 1.38 bits per heavy atom. The van der Waals surface area contributed by atoms with E-state index >= 15 is 0 Å². The zero-order chi connectivity index (χ0) is 6.78. The van der Waals surface area contributed by atoms with Crippen LogP contribution in [0.4, 0.5) is 0 Å². The van der Waals surface area contributed by atoms with Gasteiger partial charge in [-0.3, -0.25) is 0 Å². The Morgan fingerprint density at radius 2 is 1.75 bits per heavy atom. The highest BCUT2D eigenvalue weighted by Crippen LogP contribution is 2.35. The number of hydrogen-bond donors (Lipinski definition) is 1. The van der Waals surface area contributed by atoms with Gasteiger partial charge in [0, 0.05) is 0 Å². The first-order chi connectivity index (χ1) is 3.42. The summed E-state index contributed by atoms with van der Waals surface area (Å²) in [6.45, 7) is 1.82. The fourth-order valence-corrected chi connectivity index (χ4v) is 1.30. The van der Waals surface area contributed by atoms with Gasteiger partial charge in [0.15, 0.2) is 0 Å². The number of nitrogens with two attached hydrogens (primary N) is 1. The van der Waals surface area contributed by atoms with Crippen LogP contribution in [0.2, 0.25) is 0 Å². The average molecular weight is 134 g/mol. The Labute approximate surface area is 52.6 Å². The minimum atomic E-state index is -0.760. The van der Waals surface area contributed by atoms with Crippen LogP contribution in [0.15, 0.2) is 4.40 Å². The van der Waals surface area contributed by atoms with E-state index in [1.165, 1.54) is 0 Å². The van der Waals surface area contributed by atoms with Crippen molar-refractivity contribution in [3.05, 3.63) is 0 Å². The molecule has 0 spiro atoms. The van der Waals surface area contributed by atoms with E-state index in [4.69, 9.17) is 5.73 Å². The van der Waals surface area contributed by atoms with Gasteiger partial charge in [-0.15, -0.1) is 0 Å². The monoisotopic (exact) mass is 134 g/mol. The molecule has 0 unspecified atom stereocenters. The van der Waals surface area contributed by atoms with Crippen LogP contribution in [0.5, 0.6) is 0 Å². The van der Waals surface area contributed by atoms with Gasteiger partial charge in [0.05, 0.1) is 0 Å². The summed E-state index contributed by atoms with van der Waals surface area (Å²) in [5.41, 5.74) is 5.35. The average Bonchev–Trinajstić information content (AvgIpc) is 1.21. The first-order valence-corrected chi connectivity index (χ1v) is 5.23. The first-order valence-electron chi connectivity index (χ1n) is 2.42. The van der Waals surface area contributed by atoms with Gasteiger partial charge in [-0.1, -0.05) is 0 Å². The Kier molecular flexibility index (Phi) is 2.34. The summed E-state index contributed by atoms with van der Waals surface area (Å²) in [4.78, 5) is 0. The van der Waals surface area contributed by atoms with E-state index in [9.17, 15) is 0 Å². The van der Waals surface area contributed by atoms with Crippen LogP contribution < -0.4 is 5.73 Å². The van der Waals surface area contributed by atoms with Crippen LogP contribution in [0.1, 0.15) is 6.92 Å². The van der Waals surface area contributed by atoms with E-state index in [0.717, 1.165) is 0 Å². The van der Waals surface area contributed by atoms with Crippen molar-refractivity contribution in [2.24, 2.45) is 10.1 Å². The summed E-state index contributed by atoms with van der Waals surface area (Å²) in [6.07, 6.45) is 6.30. The molecule has 0 aliphatic heterocycles. The first kappa shape index (κ1) is 7.82. The lowest BCUT2D eigenvalue weighted by atomic mass is 10.8. The van der Waals surface area contributed by atoms with Gasteiger partial charge in [-0.05, 0) is 25.7 Å². The van der Waals surface area contributed by atoms with Gasteiger partial charge in [0.1, 0.15) is 5.84 Å². The Balaban J connectivity index is 3.89. The molecule has 0 amide bonds. The van der Waals surface area contributed by atoms with Crippen molar-refractivity contribution in [3.8, 4) is 0 Å². The van der Waals surface area contributed by atoms with E-state index in [1.807, 2.05) is 6.92 Å². The summed E-state index contributed by atoms with van der Waals surface area (Å²) in [7, 11) is -0.760. The molecular weight excluding hydrogens is 120 g/mol. The maximum atomic E-state index is 5.35. The second kappa shape index (κ2) is 2.40. The molecule has 3 heteroatoms. The van der Waals surface area contributed by atoms with Gasteiger partial charge in [0.25, 0.3) is 0 Å². The van der Waals surface area contributed by atoms with Crippen molar-refractivity contribution in [1.29, 1.82) is 0 Å². The quantitative estimate of drug-likeness (QED) is 0.421. The van der Waals surface area contributed by atoms with E-state index < -0.39 is 10.2 Å². The summed E-state index contributed by atoms with van der Waals surface area (Å²) in [6, 6.07) is 0. The van der Waals surface area contributed by atoms with Crippen molar-refractivity contribution in [2.45, 2.75) is 6.92 Å². The van der Waals surface area contributed by atoms with E-state index in [-0.39, 0.29) is 0 Å². The molecule has 2 N–H and O–H groups in total. The molecule has 0 heterocycles. The molecule has 0 saturated heterocycles. The van der Waals surface area contributed by atoms with Crippen molar-refractivity contribution in [1.82, 2.24) is 0 Å². The Bertz CT molecular complexity index is 97.5. The van der Waals surface area contributed by atoms with Gasteiger partial charge >= 0.3 is 0 Å². The zero-order valence-corrected chi connectivity index (χ0v) is 6.75. The van der Waals surface area contributed by atoms with Crippen LogP contribution in [0, 0.1) is 0 Å². The molecule has 2 nitrogen and oxygen atoms in total. The highest BCUT2D eigenvalue weighted by molar-refractivity contribution is 8.31. The highest BCUT2D eigenvalue weighted by Gasteiger charge is 1.97. The highest BCUT2D eigenvalue weighted by atomic mass is 32.3. The minimum absolute atomic E-state index is 0.688. The van der Waals surface area contributed by atoms with Gasteiger partial charge < -0.3 is 5.73 Å². The molecule has 0 fully saturated rings. The van der Waals surface area contributed by atoms with Gasteiger partial charge in [-0.2, -0.15) is 10.2 Å². The normalized spacial score (nSPS) is 16.2. The maximum Gasteiger partial charge on any atom is 0.102 e. The molecule has 8 heavy (non-hydrogen) atoms. The Morgan fingerprint density at radius 3 is 1.75 bits per heavy atom. The predicted molar refractivity (Wildman–Crippen MR) is 42.7 cm³/mol. The SMILES string of the molecule is CC(N)=NS(C)(C)C. The van der Waals surface area contributed by atoms with Crippen molar-refractivity contribution in [2.75, 3.05) is 18.8 Å². The fourth-order valence-electron chi connectivity index (χ4n) is 0.432. The molecule has 50 valence electrons. The fraction of sp³-hybridized carbons (Fsp3) is 0.800. The summed E-state index contributed by atoms with van der Waals surface area (Å²) < 4.78 is 4.19. The molecule has 0 aliphatic rings.